The number of benzene rings is 1. The predicted octanol–water partition coefficient (Wildman–Crippen LogP) is 3.84. The monoisotopic (exact) mass is 386 g/mol. The lowest BCUT2D eigenvalue weighted by molar-refractivity contribution is -0.125. The Balaban J connectivity index is 1.75. The SMILES string of the molecule is C=CC(=O)N(C)Cc1oc2cccc(OC3CCC(NC(=O)O)CC3)c2c1C. The van der Waals surface area contributed by atoms with Gasteiger partial charge in [0, 0.05) is 18.7 Å². The molecule has 1 aromatic heterocycles. The summed E-state index contributed by atoms with van der Waals surface area (Å²) in [5.74, 6) is 1.32. The van der Waals surface area contributed by atoms with E-state index in [2.05, 4.69) is 11.9 Å². The van der Waals surface area contributed by atoms with Crippen LogP contribution < -0.4 is 10.1 Å². The van der Waals surface area contributed by atoms with Crippen molar-refractivity contribution >= 4 is 23.0 Å². The molecular formula is C21H26N2O5. The van der Waals surface area contributed by atoms with E-state index in [1.54, 1.807) is 11.9 Å². The van der Waals surface area contributed by atoms with Gasteiger partial charge in [0.15, 0.2) is 0 Å². The number of furan rings is 1. The normalized spacial score (nSPS) is 19.2. The van der Waals surface area contributed by atoms with E-state index >= 15 is 0 Å². The number of nitrogens with one attached hydrogen (secondary N) is 1. The third kappa shape index (κ3) is 4.30. The lowest BCUT2D eigenvalue weighted by Crippen LogP contribution is -2.38. The highest BCUT2D eigenvalue weighted by Gasteiger charge is 2.25. The van der Waals surface area contributed by atoms with Gasteiger partial charge in [-0.15, -0.1) is 0 Å². The van der Waals surface area contributed by atoms with E-state index in [9.17, 15) is 9.59 Å². The third-order valence-electron chi connectivity index (χ3n) is 5.24. The summed E-state index contributed by atoms with van der Waals surface area (Å²) in [7, 11) is 1.71. The summed E-state index contributed by atoms with van der Waals surface area (Å²) in [6, 6.07) is 5.70. The smallest absolute Gasteiger partial charge is 0.404 e. The Morgan fingerprint density at radius 2 is 2.07 bits per heavy atom. The molecule has 2 aromatic rings. The van der Waals surface area contributed by atoms with Crippen molar-refractivity contribution in [1.29, 1.82) is 0 Å². The number of nitrogens with zero attached hydrogens (tertiary/aromatic N) is 1. The fourth-order valence-corrected chi connectivity index (χ4v) is 3.69. The molecule has 150 valence electrons. The molecule has 1 aliphatic carbocycles. The number of fused-ring (bicyclic) bond motifs is 1. The Kier molecular flexibility index (Phi) is 5.92. The molecule has 1 aromatic carbocycles. The molecule has 1 fully saturated rings. The molecule has 3 rings (SSSR count). The molecule has 1 heterocycles. The minimum Gasteiger partial charge on any atom is -0.490 e. The maximum absolute atomic E-state index is 11.8. The molecule has 0 atom stereocenters. The average Bonchev–Trinajstić information content (AvgIpc) is 2.98. The van der Waals surface area contributed by atoms with Crippen LogP contribution in [0.2, 0.25) is 0 Å². The van der Waals surface area contributed by atoms with Crippen molar-refractivity contribution in [2.75, 3.05) is 7.05 Å². The molecule has 2 N–H and O–H groups in total. The number of hydrogen-bond acceptors (Lipinski definition) is 4. The van der Waals surface area contributed by atoms with Crippen molar-refractivity contribution in [1.82, 2.24) is 10.2 Å². The zero-order chi connectivity index (χ0) is 20.3. The van der Waals surface area contributed by atoms with Crippen LogP contribution in [0.5, 0.6) is 5.75 Å². The van der Waals surface area contributed by atoms with E-state index in [0.29, 0.717) is 6.54 Å². The zero-order valence-corrected chi connectivity index (χ0v) is 16.2. The first-order chi connectivity index (χ1) is 13.4. The number of aryl methyl sites for hydroxylation is 1. The molecule has 1 saturated carbocycles. The summed E-state index contributed by atoms with van der Waals surface area (Å²) in [5, 5.41) is 12.3. The van der Waals surface area contributed by atoms with Crippen LogP contribution in [-0.2, 0) is 11.3 Å². The minimum absolute atomic E-state index is 0.00617. The van der Waals surface area contributed by atoms with Crippen molar-refractivity contribution in [2.45, 2.75) is 51.3 Å². The fraction of sp³-hybridized carbons (Fsp3) is 0.429. The van der Waals surface area contributed by atoms with Gasteiger partial charge in [0.1, 0.15) is 17.1 Å². The third-order valence-corrected chi connectivity index (χ3v) is 5.24. The van der Waals surface area contributed by atoms with Crippen molar-refractivity contribution in [2.24, 2.45) is 0 Å². The van der Waals surface area contributed by atoms with Crippen LogP contribution in [0.3, 0.4) is 0 Å². The van der Waals surface area contributed by atoms with Crippen molar-refractivity contribution in [3.05, 3.63) is 42.2 Å². The van der Waals surface area contributed by atoms with Crippen LogP contribution in [0.4, 0.5) is 4.79 Å². The molecule has 0 radical (unpaired) electrons. The van der Waals surface area contributed by atoms with Gasteiger partial charge in [-0.05, 0) is 50.8 Å². The molecule has 0 unspecified atom stereocenters. The van der Waals surface area contributed by atoms with E-state index in [1.807, 2.05) is 25.1 Å². The summed E-state index contributed by atoms with van der Waals surface area (Å²) in [6.45, 7) is 5.83. The van der Waals surface area contributed by atoms with Gasteiger partial charge >= 0.3 is 6.09 Å². The number of carboxylic acid groups (broad SMARTS) is 1. The molecule has 0 spiro atoms. The Morgan fingerprint density at radius 3 is 2.71 bits per heavy atom. The quantitative estimate of drug-likeness (QED) is 0.736. The van der Waals surface area contributed by atoms with Gasteiger partial charge in [-0.25, -0.2) is 4.79 Å². The van der Waals surface area contributed by atoms with E-state index < -0.39 is 6.09 Å². The number of carbonyl (C=O) groups is 2. The van der Waals surface area contributed by atoms with Gasteiger partial charge in [0.2, 0.25) is 5.91 Å². The Morgan fingerprint density at radius 1 is 1.36 bits per heavy atom. The first-order valence-electron chi connectivity index (χ1n) is 9.43. The summed E-state index contributed by atoms with van der Waals surface area (Å²) in [4.78, 5) is 24.1. The van der Waals surface area contributed by atoms with Crippen LogP contribution in [0, 0.1) is 6.92 Å². The highest BCUT2D eigenvalue weighted by atomic mass is 16.5. The minimum atomic E-state index is -0.976. The molecular weight excluding hydrogens is 360 g/mol. The van der Waals surface area contributed by atoms with E-state index in [-0.39, 0.29) is 18.1 Å². The van der Waals surface area contributed by atoms with Crippen LogP contribution in [0.1, 0.15) is 37.0 Å². The lowest BCUT2D eigenvalue weighted by atomic mass is 9.93. The standard InChI is InChI=1S/C21H26N2O5/c1-4-19(24)23(3)12-18-13(2)20-16(6-5-7-17(20)28-18)27-15-10-8-14(9-11-15)22-21(25)26/h4-7,14-15,22H,1,8-12H2,2-3H3,(H,25,26). The summed E-state index contributed by atoms with van der Waals surface area (Å²) < 4.78 is 12.2. The van der Waals surface area contributed by atoms with Gasteiger partial charge in [-0.1, -0.05) is 12.6 Å². The number of rotatable bonds is 6. The predicted molar refractivity (Wildman–Crippen MR) is 105 cm³/mol. The summed E-state index contributed by atoms with van der Waals surface area (Å²) >= 11 is 0. The molecule has 0 aliphatic heterocycles. The maximum Gasteiger partial charge on any atom is 0.404 e. The topological polar surface area (TPSA) is 92.0 Å². The van der Waals surface area contributed by atoms with Crippen molar-refractivity contribution < 1.29 is 23.8 Å². The summed E-state index contributed by atoms with van der Waals surface area (Å²) in [5.41, 5.74) is 1.68. The molecule has 7 nitrogen and oxygen atoms in total. The van der Waals surface area contributed by atoms with Gasteiger partial charge in [-0.2, -0.15) is 0 Å². The first kappa shape index (κ1) is 19.8. The average molecular weight is 386 g/mol. The van der Waals surface area contributed by atoms with E-state index in [1.165, 1.54) is 6.08 Å². The number of carbonyl (C=O) groups excluding carboxylic acids is 1. The molecule has 0 saturated heterocycles. The van der Waals surface area contributed by atoms with E-state index in [4.69, 9.17) is 14.3 Å². The number of likely N-dealkylation sites (N-methyl/N-ethyl adjacent to an activating group) is 1. The van der Waals surface area contributed by atoms with Gasteiger partial charge < -0.3 is 24.5 Å². The first-order valence-corrected chi connectivity index (χ1v) is 9.43. The number of hydrogen-bond donors (Lipinski definition) is 2. The van der Waals surface area contributed by atoms with Crippen LogP contribution in [0.25, 0.3) is 11.0 Å². The Labute approximate surface area is 163 Å². The van der Waals surface area contributed by atoms with Crippen molar-refractivity contribution in [3.63, 3.8) is 0 Å². The largest absolute Gasteiger partial charge is 0.490 e. The highest BCUT2D eigenvalue weighted by Crippen LogP contribution is 2.35. The molecule has 28 heavy (non-hydrogen) atoms. The summed E-state index contributed by atoms with van der Waals surface area (Å²) in [6.07, 6.45) is 3.45. The van der Waals surface area contributed by atoms with Crippen LogP contribution in [0.15, 0.2) is 35.3 Å². The second-order valence-electron chi connectivity index (χ2n) is 7.22. The van der Waals surface area contributed by atoms with Gasteiger partial charge in [-0.3, -0.25) is 4.79 Å². The maximum atomic E-state index is 11.8. The highest BCUT2D eigenvalue weighted by molar-refractivity contribution is 5.89. The van der Waals surface area contributed by atoms with Crippen LogP contribution in [-0.4, -0.2) is 41.2 Å². The molecule has 0 bridgehead atoms. The number of amides is 2. The molecule has 7 heteroatoms. The second-order valence-corrected chi connectivity index (χ2v) is 7.22. The fourth-order valence-electron chi connectivity index (χ4n) is 3.69. The van der Waals surface area contributed by atoms with Gasteiger partial charge in [0.05, 0.1) is 18.0 Å². The lowest BCUT2D eigenvalue weighted by Gasteiger charge is -2.29. The Bertz CT molecular complexity index is 880. The van der Waals surface area contributed by atoms with Gasteiger partial charge in [0.25, 0.3) is 0 Å². The zero-order valence-electron chi connectivity index (χ0n) is 16.2. The van der Waals surface area contributed by atoms with Crippen molar-refractivity contribution in [3.8, 4) is 5.75 Å². The molecule has 2 amide bonds. The Hall–Kier alpha value is -2.96. The van der Waals surface area contributed by atoms with Crippen LogP contribution >= 0.6 is 0 Å². The number of ether oxygens (including phenoxy) is 1. The second kappa shape index (κ2) is 8.37. The van der Waals surface area contributed by atoms with E-state index in [0.717, 1.165) is 53.7 Å². The molecule has 1 aliphatic rings.